The van der Waals surface area contributed by atoms with E-state index in [4.69, 9.17) is 0 Å². The molecule has 1 aromatic rings. The third-order valence-electron chi connectivity index (χ3n) is 5.42. The number of sulfonamides is 1. The van der Waals surface area contributed by atoms with E-state index >= 15 is 0 Å². The Hall–Kier alpha value is -1.44. The van der Waals surface area contributed by atoms with Gasteiger partial charge in [0.25, 0.3) is 0 Å². The number of hydrogen-bond donors (Lipinski definition) is 3. The quantitative estimate of drug-likeness (QED) is 0.743. The highest BCUT2D eigenvalue weighted by atomic mass is 32.2. The van der Waals surface area contributed by atoms with Gasteiger partial charge in [0.1, 0.15) is 0 Å². The Bertz CT molecular complexity index is 709. The zero-order valence-electron chi connectivity index (χ0n) is 14.1. The number of benzene rings is 1. The van der Waals surface area contributed by atoms with E-state index < -0.39 is 10.0 Å². The average Bonchev–Trinajstić information content (AvgIpc) is 3.28. The second-order valence-electron chi connectivity index (χ2n) is 6.88. The Morgan fingerprint density at radius 3 is 2.46 bits per heavy atom. The molecule has 7 heteroatoms. The number of carbonyl (C=O) groups is 1. The molecule has 6 nitrogen and oxygen atoms in total. The molecule has 24 heavy (non-hydrogen) atoms. The lowest BCUT2D eigenvalue weighted by Gasteiger charge is -2.24. The normalized spacial score (nSPS) is 23.7. The second-order valence-corrected chi connectivity index (χ2v) is 8.76. The Kier molecular flexibility index (Phi) is 4.68. The molecule has 3 rings (SSSR count). The summed E-state index contributed by atoms with van der Waals surface area (Å²) in [6, 6.07) is 6.50. The maximum Gasteiger partial charge on any atom is 0.240 e. The lowest BCUT2D eigenvalue weighted by Crippen LogP contribution is -2.34. The van der Waals surface area contributed by atoms with E-state index in [2.05, 4.69) is 15.4 Å². The fourth-order valence-electron chi connectivity index (χ4n) is 3.65. The van der Waals surface area contributed by atoms with E-state index in [1.807, 2.05) is 6.92 Å². The van der Waals surface area contributed by atoms with Crippen LogP contribution in [0.15, 0.2) is 29.2 Å². The van der Waals surface area contributed by atoms with Crippen LogP contribution in [0.5, 0.6) is 0 Å². The summed E-state index contributed by atoms with van der Waals surface area (Å²) in [5.41, 5.74) is 1.12. The van der Waals surface area contributed by atoms with Crippen molar-refractivity contribution in [2.45, 2.75) is 37.1 Å². The minimum absolute atomic E-state index is 0.122. The molecule has 3 N–H and O–H groups in total. The van der Waals surface area contributed by atoms with Gasteiger partial charge >= 0.3 is 0 Å². The summed E-state index contributed by atoms with van der Waals surface area (Å²) < 4.78 is 25.8. The molecule has 132 valence electrons. The van der Waals surface area contributed by atoms with Crippen LogP contribution in [0.3, 0.4) is 0 Å². The zero-order chi connectivity index (χ0) is 17.4. The standard InChI is InChI=1S/C17H25N3O3S/c1-12(13-3-5-14(6-4-13)24(22,23)18-2)20-16(21)15-11-17(15)7-9-19-10-8-17/h3-6,12,15,18-19H,7-11H2,1-2H3,(H,20,21). The lowest BCUT2D eigenvalue weighted by atomic mass is 9.91. The molecule has 0 aromatic heterocycles. The molecule has 1 aliphatic heterocycles. The number of piperidine rings is 1. The topological polar surface area (TPSA) is 87.3 Å². The van der Waals surface area contributed by atoms with Crippen LogP contribution in [0, 0.1) is 11.3 Å². The first-order valence-electron chi connectivity index (χ1n) is 8.43. The van der Waals surface area contributed by atoms with Crippen molar-refractivity contribution < 1.29 is 13.2 Å². The van der Waals surface area contributed by atoms with E-state index in [1.54, 1.807) is 24.3 Å². The Labute approximate surface area is 143 Å². The average molecular weight is 351 g/mol. The van der Waals surface area contributed by atoms with Crippen LogP contribution in [0.25, 0.3) is 0 Å². The van der Waals surface area contributed by atoms with Gasteiger partial charge in [-0.2, -0.15) is 0 Å². The maximum atomic E-state index is 12.5. The first-order valence-corrected chi connectivity index (χ1v) is 9.91. The molecule has 1 aromatic carbocycles. The minimum Gasteiger partial charge on any atom is -0.349 e. The van der Waals surface area contributed by atoms with Gasteiger partial charge < -0.3 is 10.6 Å². The van der Waals surface area contributed by atoms with Crippen molar-refractivity contribution in [1.82, 2.24) is 15.4 Å². The number of hydrogen-bond acceptors (Lipinski definition) is 4. The van der Waals surface area contributed by atoms with Gasteiger partial charge in [-0.25, -0.2) is 13.1 Å². The highest BCUT2D eigenvalue weighted by Gasteiger charge is 2.57. The molecule has 2 unspecified atom stereocenters. The van der Waals surface area contributed by atoms with Crippen LogP contribution in [-0.4, -0.2) is 34.5 Å². The van der Waals surface area contributed by atoms with Gasteiger partial charge in [-0.3, -0.25) is 4.79 Å². The highest BCUT2D eigenvalue weighted by Crippen LogP contribution is 2.58. The molecule has 1 heterocycles. The summed E-state index contributed by atoms with van der Waals surface area (Å²) in [7, 11) is -2.04. The van der Waals surface area contributed by atoms with Crippen molar-refractivity contribution in [2.75, 3.05) is 20.1 Å². The number of nitrogens with one attached hydrogen (secondary N) is 3. The smallest absolute Gasteiger partial charge is 0.240 e. The van der Waals surface area contributed by atoms with Gasteiger partial charge in [-0.05, 0) is 69.4 Å². The van der Waals surface area contributed by atoms with Crippen molar-refractivity contribution >= 4 is 15.9 Å². The molecule has 2 fully saturated rings. The molecule has 1 amide bonds. The second kappa shape index (κ2) is 6.46. The van der Waals surface area contributed by atoms with E-state index in [9.17, 15) is 13.2 Å². The summed E-state index contributed by atoms with van der Waals surface area (Å²) >= 11 is 0. The molecule has 1 saturated heterocycles. The van der Waals surface area contributed by atoms with Gasteiger partial charge in [0.15, 0.2) is 0 Å². The van der Waals surface area contributed by atoms with Crippen LogP contribution in [-0.2, 0) is 14.8 Å². The molecule has 0 radical (unpaired) electrons. The molecular weight excluding hydrogens is 326 g/mol. The van der Waals surface area contributed by atoms with Crippen molar-refractivity contribution in [3.05, 3.63) is 29.8 Å². The van der Waals surface area contributed by atoms with Gasteiger partial charge in [0.2, 0.25) is 15.9 Å². The van der Waals surface area contributed by atoms with Gasteiger partial charge in [-0.1, -0.05) is 12.1 Å². The summed E-state index contributed by atoms with van der Waals surface area (Å²) in [5, 5.41) is 6.42. The maximum absolute atomic E-state index is 12.5. The van der Waals surface area contributed by atoms with Gasteiger partial charge in [0.05, 0.1) is 10.9 Å². The van der Waals surface area contributed by atoms with Crippen LogP contribution in [0.1, 0.15) is 37.8 Å². The van der Waals surface area contributed by atoms with Gasteiger partial charge in [-0.15, -0.1) is 0 Å². The molecule has 1 aliphatic carbocycles. The van der Waals surface area contributed by atoms with Crippen molar-refractivity contribution in [2.24, 2.45) is 11.3 Å². The van der Waals surface area contributed by atoms with Crippen molar-refractivity contribution in [3.8, 4) is 0 Å². The molecular formula is C17H25N3O3S. The third kappa shape index (κ3) is 3.34. The van der Waals surface area contributed by atoms with Crippen LogP contribution < -0.4 is 15.4 Å². The SMILES string of the molecule is CNS(=O)(=O)c1ccc(C(C)NC(=O)C2CC23CCNCC3)cc1. The van der Waals surface area contributed by atoms with E-state index in [0.29, 0.717) is 0 Å². The largest absolute Gasteiger partial charge is 0.349 e. The Balaban J connectivity index is 1.61. The first kappa shape index (κ1) is 17.4. The Morgan fingerprint density at radius 2 is 1.88 bits per heavy atom. The summed E-state index contributed by atoms with van der Waals surface area (Å²) in [6.45, 7) is 3.93. The number of carbonyl (C=O) groups excluding carboxylic acids is 1. The number of rotatable bonds is 5. The van der Waals surface area contributed by atoms with Crippen LogP contribution >= 0.6 is 0 Å². The van der Waals surface area contributed by atoms with E-state index in [-0.39, 0.29) is 28.2 Å². The van der Waals surface area contributed by atoms with Crippen LogP contribution in [0.4, 0.5) is 0 Å². The van der Waals surface area contributed by atoms with Gasteiger partial charge in [0, 0.05) is 5.92 Å². The Morgan fingerprint density at radius 1 is 1.25 bits per heavy atom. The molecule has 1 spiro atoms. The lowest BCUT2D eigenvalue weighted by molar-refractivity contribution is -0.123. The minimum atomic E-state index is -3.43. The molecule has 2 atom stereocenters. The molecule has 2 aliphatic rings. The van der Waals surface area contributed by atoms with Crippen molar-refractivity contribution in [1.29, 1.82) is 0 Å². The predicted octanol–water partition coefficient (Wildman–Crippen LogP) is 1.16. The summed E-state index contributed by atoms with van der Waals surface area (Å²) in [6.07, 6.45) is 3.15. The highest BCUT2D eigenvalue weighted by molar-refractivity contribution is 7.89. The first-order chi connectivity index (χ1) is 11.4. The predicted molar refractivity (Wildman–Crippen MR) is 91.9 cm³/mol. The van der Waals surface area contributed by atoms with Crippen LogP contribution in [0.2, 0.25) is 0 Å². The third-order valence-corrected chi connectivity index (χ3v) is 6.85. The molecule has 0 bridgehead atoms. The summed E-state index contributed by atoms with van der Waals surface area (Å²) in [4.78, 5) is 12.7. The van der Waals surface area contributed by atoms with Crippen molar-refractivity contribution in [3.63, 3.8) is 0 Å². The van der Waals surface area contributed by atoms with E-state index in [1.165, 1.54) is 7.05 Å². The fourth-order valence-corrected chi connectivity index (χ4v) is 4.38. The number of amides is 1. The molecule has 1 saturated carbocycles. The monoisotopic (exact) mass is 351 g/mol. The summed E-state index contributed by atoms with van der Waals surface area (Å²) in [5.74, 6) is 0.252. The van der Waals surface area contributed by atoms with E-state index in [0.717, 1.165) is 37.9 Å². The zero-order valence-corrected chi connectivity index (χ0v) is 14.9. The fraction of sp³-hybridized carbons (Fsp3) is 0.588.